The Labute approximate surface area is 121 Å². The van der Waals surface area contributed by atoms with Gasteiger partial charge in [0, 0.05) is 6.07 Å². The van der Waals surface area contributed by atoms with Crippen LogP contribution in [-0.2, 0) is 0 Å². The van der Waals surface area contributed by atoms with Crippen LogP contribution in [0.15, 0.2) is 12.1 Å². The van der Waals surface area contributed by atoms with Gasteiger partial charge in [-0.25, -0.2) is 0 Å². The molecule has 1 rings (SSSR count). The maximum absolute atomic E-state index is 12.1. The van der Waals surface area contributed by atoms with E-state index in [9.17, 15) is 14.9 Å². The molecule has 8 heteroatoms. The van der Waals surface area contributed by atoms with Gasteiger partial charge in [0.1, 0.15) is 5.56 Å². The number of benzene rings is 1. The summed E-state index contributed by atoms with van der Waals surface area (Å²) in [7, 11) is 2.72. The van der Waals surface area contributed by atoms with Crippen LogP contribution in [0.5, 0.6) is 11.5 Å². The van der Waals surface area contributed by atoms with Gasteiger partial charge in [-0.15, -0.1) is 0 Å². The SMILES string of the molecule is CC[C@H](CO)NC(=O)c1cc(OC)c(OC)cc1[N+](=O)[O-]. The Balaban J connectivity index is 3.26. The Hall–Kier alpha value is -2.35. The largest absolute Gasteiger partial charge is 0.493 e. The standard InChI is InChI=1S/C13H18N2O6/c1-4-8(7-16)14-13(17)9-5-11(20-2)12(21-3)6-10(9)15(18)19/h5-6,8,16H,4,7H2,1-3H3,(H,14,17)/t8-/m1/s1. The van der Waals surface area contributed by atoms with Gasteiger partial charge in [-0.05, 0) is 6.42 Å². The van der Waals surface area contributed by atoms with Crippen LogP contribution >= 0.6 is 0 Å². The van der Waals surface area contributed by atoms with Crippen molar-refractivity contribution in [3.63, 3.8) is 0 Å². The van der Waals surface area contributed by atoms with Gasteiger partial charge in [-0.1, -0.05) is 6.92 Å². The molecule has 0 unspecified atom stereocenters. The van der Waals surface area contributed by atoms with Gasteiger partial charge in [0.15, 0.2) is 11.5 Å². The van der Waals surface area contributed by atoms with Crippen molar-refractivity contribution in [2.75, 3.05) is 20.8 Å². The maximum Gasteiger partial charge on any atom is 0.286 e. The second-order valence-electron chi connectivity index (χ2n) is 4.24. The molecule has 0 saturated carbocycles. The molecule has 1 aromatic carbocycles. The van der Waals surface area contributed by atoms with Crippen molar-refractivity contribution in [3.8, 4) is 11.5 Å². The molecule has 1 atom stereocenters. The van der Waals surface area contributed by atoms with Gasteiger partial charge in [-0.3, -0.25) is 14.9 Å². The maximum atomic E-state index is 12.1. The van der Waals surface area contributed by atoms with Crippen molar-refractivity contribution in [3.05, 3.63) is 27.8 Å². The third-order valence-electron chi connectivity index (χ3n) is 2.99. The molecule has 0 fully saturated rings. The average Bonchev–Trinajstić information content (AvgIpc) is 2.50. The summed E-state index contributed by atoms with van der Waals surface area (Å²) in [5.74, 6) is -0.274. The molecule has 0 heterocycles. The number of nitrogens with one attached hydrogen (secondary N) is 1. The molecule has 0 spiro atoms. The fraction of sp³-hybridized carbons (Fsp3) is 0.462. The van der Waals surface area contributed by atoms with Crippen molar-refractivity contribution < 1.29 is 24.3 Å². The number of aliphatic hydroxyl groups is 1. The molecular weight excluding hydrogens is 280 g/mol. The Morgan fingerprint density at radius 1 is 1.38 bits per heavy atom. The monoisotopic (exact) mass is 298 g/mol. The lowest BCUT2D eigenvalue weighted by atomic mass is 10.1. The minimum absolute atomic E-state index is 0.149. The highest BCUT2D eigenvalue weighted by Gasteiger charge is 2.25. The van der Waals surface area contributed by atoms with Crippen molar-refractivity contribution in [2.45, 2.75) is 19.4 Å². The molecule has 116 valence electrons. The highest BCUT2D eigenvalue weighted by Crippen LogP contribution is 2.34. The van der Waals surface area contributed by atoms with E-state index in [1.807, 2.05) is 0 Å². The first kappa shape index (κ1) is 16.7. The summed E-state index contributed by atoms with van der Waals surface area (Å²) in [5.41, 5.74) is -0.539. The van der Waals surface area contributed by atoms with Crippen LogP contribution < -0.4 is 14.8 Å². The van der Waals surface area contributed by atoms with Crippen LogP contribution in [0.2, 0.25) is 0 Å². The number of hydrogen-bond donors (Lipinski definition) is 2. The zero-order valence-electron chi connectivity index (χ0n) is 12.1. The Morgan fingerprint density at radius 3 is 2.38 bits per heavy atom. The summed E-state index contributed by atoms with van der Waals surface area (Å²) in [5, 5.41) is 22.7. The van der Waals surface area contributed by atoms with E-state index in [1.54, 1.807) is 6.92 Å². The molecule has 0 bridgehead atoms. The predicted octanol–water partition coefficient (Wildman–Crippen LogP) is 1.11. The van der Waals surface area contributed by atoms with E-state index in [-0.39, 0.29) is 23.7 Å². The van der Waals surface area contributed by atoms with Gasteiger partial charge in [0.2, 0.25) is 0 Å². The number of methoxy groups -OCH3 is 2. The van der Waals surface area contributed by atoms with Gasteiger partial charge >= 0.3 is 0 Å². The Bertz CT molecular complexity index is 528. The number of ether oxygens (including phenoxy) is 2. The number of carbonyl (C=O) groups excluding carboxylic acids is 1. The third kappa shape index (κ3) is 3.82. The lowest BCUT2D eigenvalue weighted by molar-refractivity contribution is -0.385. The minimum atomic E-state index is -0.670. The van der Waals surface area contributed by atoms with E-state index in [1.165, 1.54) is 20.3 Å². The summed E-state index contributed by atoms with van der Waals surface area (Å²) in [6, 6.07) is 1.91. The number of nitro benzene ring substituents is 1. The fourth-order valence-electron chi connectivity index (χ4n) is 1.74. The summed E-state index contributed by atoms with van der Waals surface area (Å²) in [6.07, 6.45) is 0.503. The number of carbonyl (C=O) groups is 1. The van der Waals surface area contributed by atoms with Crippen LogP contribution in [0, 0.1) is 10.1 Å². The topological polar surface area (TPSA) is 111 Å². The second kappa shape index (κ2) is 7.44. The molecule has 0 aliphatic heterocycles. The van der Waals surface area contributed by atoms with Crippen LogP contribution in [-0.4, -0.2) is 42.8 Å². The van der Waals surface area contributed by atoms with Crippen LogP contribution in [0.4, 0.5) is 5.69 Å². The highest BCUT2D eigenvalue weighted by molar-refractivity contribution is 5.99. The van der Waals surface area contributed by atoms with E-state index in [0.717, 1.165) is 6.07 Å². The normalized spacial score (nSPS) is 11.6. The first-order chi connectivity index (χ1) is 9.98. The second-order valence-corrected chi connectivity index (χ2v) is 4.24. The first-order valence-corrected chi connectivity index (χ1v) is 6.30. The molecular formula is C13H18N2O6. The molecule has 0 aromatic heterocycles. The molecule has 0 radical (unpaired) electrons. The third-order valence-corrected chi connectivity index (χ3v) is 2.99. The van der Waals surface area contributed by atoms with E-state index >= 15 is 0 Å². The summed E-state index contributed by atoms with van der Waals surface area (Å²) < 4.78 is 10.0. The van der Waals surface area contributed by atoms with Crippen LogP contribution in [0.1, 0.15) is 23.7 Å². The number of hydrogen-bond acceptors (Lipinski definition) is 6. The summed E-state index contributed by atoms with van der Waals surface area (Å²) >= 11 is 0. The summed E-state index contributed by atoms with van der Waals surface area (Å²) in [6.45, 7) is 1.54. The minimum Gasteiger partial charge on any atom is -0.493 e. The summed E-state index contributed by atoms with van der Waals surface area (Å²) in [4.78, 5) is 22.6. The number of nitro groups is 1. The quantitative estimate of drug-likeness (QED) is 0.576. The van der Waals surface area contributed by atoms with Gasteiger partial charge in [-0.2, -0.15) is 0 Å². The molecule has 1 aromatic rings. The van der Waals surface area contributed by atoms with Crippen molar-refractivity contribution in [1.82, 2.24) is 5.32 Å². The average molecular weight is 298 g/mol. The van der Waals surface area contributed by atoms with Crippen LogP contribution in [0.25, 0.3) is 0 Å². The highest BCUT2D eigenvalue weighted by atomic mass is 16.6. The molecule has 0 aliphatic carbocycles. The van der Waals surface area contributed by atoms with Crippen molar-refractivity contribution in [1.29, 1.82) is 0 Å². The Kier molecular flexibility index (Phi) is 5.92. The van der Waals surface area contributed by atoms with Gasteiger partial charge < -0.3 is 19.9 Å². The molecule has 8 nitrogen and oxygen atoms in total. The molecule has 0 saturated heterocycles. The number of aliphatic hydroxyl groups excluding tert-OH is 1. The Morgan fingerprint density at radius 2 is 1.95 bits per heavy atom. The smallest absolute Gasteiger partial charge is 0.286 e. The lowest BCUT2D eigenvalue weighted by Gasteiger charge is -2.15. The zero-order valence-corrected chi connectivity index (χ0v) is 12.1. The van der Waals surface area contributed by atoms with Crippen molar-refractivity contribution >= 4 is 11.6 Å². The van der Waals surface area contributed by atoms with Gasteiger partial charge in [0.25, 0.3) is 11.6 Å². The van der Waals surface area contributed by atoms with Crippen molar-refractivity contribution in [2.24, 2.45) is 0 Å². The predicted molar refractivity (Wildman–Crippen MR) is 74.8 cm³/mol. The molecule has 0 aliphatic rings. The first-order valence-electron chi connectivity index (χ1n) is 6.30. The van der Waals surface area contributed by atoms with E-state index in [0.29, 0.717) is 6.42 Å². The molecule has 2 N–H and O–H groups in total. The molecule has 21 heavy (non-hydrogen) atoms. The number of nitrogens with zero attached hydrogens (tertiary/aromatic N) is 1. The van der Waals surface area contributed by atoms with Gasteiger partial charge in [0.05, 0.1) is 37.9 Å². The van der Waals surface area contributed by atoms with E-state index < -0.39 is 22.6 Å². The van der Waals surface area contributed by atoms with Crippen LogP contribution in [0.3, 0.4) is 0 Å². The lowest BCUT2D eigenvalue weighted by Crippen LogP contribution is -2.37. The zero-order chi connectivity index (χ0) is 16.0. The fourth-order valence-corrected chi connectivity index (χ4v) is 1.74. The number of amides is 1. The van der Waals surface area contributed by atoms with E-state index in [2.05, 4.69) is 5.32 Å². The number of rotatable bonds is 7. The molecule has 1 amide bonds. The van der Waals surface area contributed by atoms with E-state index in [4.69, 9.17) is 14.6 Å².